The van der Waals surface area contributed by atoms with E-state index in [4.69, 9.17) is 15.9 Å². The molecule has 1 amide bonds. The van der Waals surface area contributed by atoms with Crippen molar-refractivity contribution >= 4 is 11.9 Å². The number of aliphatic carboxylic acids is 1. The van der Waals surface area contributed by atoms with Gasteiger partial charge in [-0.05, 0) is 12.1 Å². The number of hydrogen-bond acceptors (Lipinski definition) is 5. The highest BCUT2D eigenvalue weighted by Gasteiger charge is 2.14. The minimum absolute atomic E-state index is 0.207. The van der Waals surface area contributed by atoms with E-state index < -0.39 is 18.0 Å². The van der Waals surface area contributed by atoms with Crippen LogP contribution in [0.2, 0.25) is 0 Å². The highest BCUT2D eigenvalue weighted by atomic mass is 16.4. The van der Waals surface area contributed by atoms with Crippen molar-refractivity contribution in [1.82, 2.24) is 10.3 Å². The Kier molecular flexibility index (Phi) is 4.56. The summed E-state index contributed by atoms with van der Waals surface area (Å²) >= 11 is 0. The normalized spacial score (nSPS) is 11.9. The second kappa shape index (κ2) is 5.92. The Bertz CT molecular complexity index is 422. The minimum Gasteiger partial charge on any atom is -0.479 e. The molecule has 1 atom stereocenters. The summed E-state index contributed by atoms with van der Waals surface area (Å²) < 4.78 is 0. The average molecular weight is 239 g/mol. The fourth-order valence-electron chi connectivity index (χ4n) is 1.11. The Morgan fingerprint density at radius 3 is 2.82 bits per heavy atom. The van der Waals surface area contributed by atoms with E-state index in [0.717, 1.165) is 0 Å². The molecule has 7 nitrogen and oxygen atoms in total. The van der Waals surface area contributed by atoms with Gasteiger partial charge in [-0.25, -0.2) is 4.79 Å². The molecule has 0 saturated carbocycles. The fraction of sp³-hybridized carbons (Fsp3) is 0.300. The zero-order valence-corrected chi connectivity index (χ0v) is 8.96. The first-order chi connectivity index (χ1) is 8.04. The number of amides is 1. The number of pyridine rings is 1. The molecular formula is C10H13N3O4. The molecule has 1 aromatic rings. The van der Waals surface area contributed by atoms with Gasteiger partial charge in [-0.1, -0.05) is 0 Å². The molecule has 0 spiro atoms. The molecule has 0 bridgehead atoms. The number of carbonyl (C=O) groups is 2. The second-order valence-electron chi connectivity index (χ2n) is 3.30. The van der Waals surface area contributed by atoms with Crippen molar-refractivity contribution in [3.63, 3.8) is 0 Å². The van der Waals surface area contributed by atoms with Gasteiger partial charge in [0.1, 0.15) is 0 Å². The van der Waals surface area contributed by atoms with Gasteiger partial charge in [-0.15, -0.1) is 0 Å². The Morgan fingerprint density at radius 2 is 2.24 bits per heavy atom. The molecule has 0 aliphatic heterocycles. The summed E-state index contributed by atoms with van der Waals surface area (Å²) in [5.74, 6) is -1.87. The third kappa shape index (κ3) is 3.82. The number of carbonyl (C=O) groups excluding carboxylic acids is 1. The van der Waals surface area contributed by atoms with Gasteiger partial charge in [0.25, 0.3) is 5.91 Å². The van der Waals surface area contributed by atoms with Crippen LogP contribution in [-0.2, 0) is 11.3 Å². The largest absolute Gasteiger partial charge is 0.479 e. The number of nitrogens with one attached hydrogen (secondary N) is 1. The van der Waals surface area contributed by atoms with E-state index in [1.54, 1.807) is 0 Å². The van der Waals surface area contributed by atoms with Gasteiger partial charge in [0.05, 0.1) is 12.2 Å². The first-order valence-electron chi connectivity index (χ1n) is 4.88. The van der Waals surface area contributed by atoms with Crippen LogP contribution in [0.1, 0.15) is 16.1 Å². The molecule has 0 aliphatic rings. The monoisotopic (exact) mass is 239 g/mol. The van der Waals surface area contributed by atoms with Crippen molar-refractivity contribution in [3.05, 3.63) is 29.6 Å². The lowest BCUT2D eigenvalue weighted by atomic mass is 10.2. The number of carboxylic acid groups (broad SMARTS) is 1. The number of rotatable bonds is 5. The summed E-state index contributed by atoms with van der Waals surface area (Å²) in [7, 11) is 0. The van der Waals surface area contributed by atoms with Crippen molar-refractivity contribution < 1.29 is 19.8 Å². The molecule has 0 fully saturated rings. The molecular weight excluding hydrogens is 226 g/mol. The van der Waals surface area contributed by atoms with Crippen LogP contribution in [0.3, 0.4) is 0 Å². The van der Waals surface area contributed by atoms with Gasteiger partial charge in [0.2, 0.25) is 0 Å². The lowest BCUT2D eigenvalue weighted by molar-refractivity contribution is -0.146. The molecule has 1 unspecified atom stereocenters. The zero-order chi connectivity index (χ0) is 12.8. The number of aliphatic hydroxyl groups excluding tert-OH is 1. The maximum atomic E-state index is 11.6. The van der Waals surface area contributed by atoms with E-state index >= 15 is 0 Å². The van der Waals surface area contributed by atoms with E-state index in [0.29, 0.717) is 11.3 Å². The summed E-state index contributed by atoms with van der Waals surface area (Å²) in [6.07, 6.45) is -0.181. The van der Waals surface area contributed by atoms with Crippen molar-refractivity contribution in [1.29, 1.82) is 0 Å². The molecule has 5 N–H and O–H groups in total. The summed E-state index contributed by atoms with van der Waals surface area (Å²) in [5, 5.41) is 19.7. The number of aliphatic hydroxyl groups is 1. The fourth-order valence-corrected chi connectivity index (χ4v) is 1.11. The Labute approximate surface area is 97.3 Å². The SMILES string of the molecule is NCc1cc(C(=O)NCC(O)C(=O)O)ccn1. The lowest BCUT2D eigenvalue weighted by Crippen LogP contribution is -2.36. The molecule has 7 heteroatoms. The van der Waals surface area contributed by atoms with Crippen LogP contribution in [0.4, 0.5) is 0 Å². The van der Waals surface area contributed by atoms with Crippen LogP contribution >= 0.6 is 0 Å². The maximum Gasteiger partial charge on any atom is 0.334 e. The summed E-state index contributed by atoms with van der Waals surface area (Å²) in [4.78, 5) is 25.8. The van der Waals surface area contributed by atoms with Gasteiger partial charge in [-0.3, -0.25) is 9.78 Å². The zero-order valence-electron chi connectivity index (χ0n) is 8.96. The van der Waals surface area contributed by atoms with Crippen LogP contribution in [0.25, 0.3) is 0 Å². The molecule has 1 heterocycles. The Hall–Kier alpha value is -1.99. The lowest BCUT2D eigenvalue weighted by Gasteiger charge is -2.08. The summed E-state index contributed by atoms with van der Waals surface area (Å²) in [5.41, 5.74) is 6.24. The van der Waals surface area contributed by atoms with Gasteiger partial charge in [0.15, 0.2) is 6.10 Å². The third-order valence-corrected chi connectivity index (χ3v) is 2.03. The Balaban J connectivity index is 2.60. The number of aromatic nitrogens is 1. The van der Waals surface area contributed by atoms with Gasteiger partial charge in [-0.2, -0.15) is 0 Å². The van der Waals surface area contributed by atoms with Gasteiger partial charge < -0.3 is 21.3 Å². The van der Waals surface area contributed by atoms with Crippen molar-refractivity contribution in [2.75, 3.05) is 6.54 Å². The minimum atomic E-state index is -1.62. The topological polar surface area (TPSA) is 126 Å². The van der Waals surface area contributed by atoms with E-state index in [1.807, 2.05) is 0 Å². The highest BCUT2D eigenvalue weighted by molar-refractivity contribution is 5.94. The van der Waals surface area contributed by atoms with E-state index in [-0.39, 0.29) is 13.1 Å². The number of carboxylic acids is 1. The Morgan fingerprint density at radius 1 is 1.53 bits per heavy atom. The number of nitrogens with zero attached hydrogens (tertiary/aromatic N) is 1. The quantitative estimate of drug-likeness (QED) is 0.507. The van der Waals surface area contributed by atoms with E-state index in [9.17, 15) is 9.59 Å². The summed E-state index contributed by atoms with van der Waals surface area (Å²) in [6, 6.07) is 2.98. The van der Waals surface area contributed by atoms with Crippen LogP contribution in [-0.4, -0.2) is 39.7 Å². The van der Waals surface area contributed by atoms with Gasteiger partial charge >= 0.3 is 5.97 Å². The number of nitrogens with two attached hydrogens (primary N) is 1. The smallest absolute Gasteiger partial charge is 0.334 e. The molecule has 0 aromatic carbocycles. The average Bonchev–Trinajstić information content (AvgIpc) is 2.35. The van der Waals surface area contributed by atoms with Crippen LogP contribution in [0.15, 0.2) is 18.3 Å². The second-order valence-corrected chi connectivity index (χ2v) is 3.30. The third-order valence-electron chi connectivity index (χ3n) is 2.03. The first kappa shape index (κ1) is 13.1. The first-order valence-corrected chi connectivity index (χ1v) is 4.88. The van der Waals surface area contributed by atoms with Crippen molar-refractivity contribution in [3.8, 4) is 0 Å². The highest BCUT2D eigenvalue weighted by Crippen LogP contribution is 2.01. The molecule has 1 rings (SSSR count). The van der Waals surface area contributed by atoms with Crippen LogP contribution in [0, 0.1) is 0 Å². The maximum absolute atomic E-state index is 11.6. The molecule has 0 radical (unpaired) electrons. The molecule has 0 saturated heterocycles. The molecule has 17 heavy (non-hydrogen) atoms. The number of hydrogen-bond donors (Lipinski definition) is 4. The standard InChI is InChI=1S/C10H13N3O4/c11-4-7-3-6(1-2-12-7)9(15)13-5-8(14)10(16)17/h1-3,8,14H,4-5,11H2,(H,13,15)(H,16,17). The molecule has 0 aliphatic carbocycles. The van der Waals surface area contributed by atoms with E-state index in [1.165, 1.54) is 18.3 Å². The predicted molar refractivity (Wildman–Crippen MR) is 58.1 cm³/mol. The van der Waals surface area contributed by atoms with Gasteiger partial charge in [0, 0.05) is 18.3 Å². The molecule has 92 valence electrons. The summed E-state index contributed by atoms with van der Waals surface area (Å²) in [6.45, 7) is -0.146. The van der Waals surface area contributed by atoms with E-state index in [2.05, 4.69) is 10.3 Å². The van der Waals surface area contributed by atoms with Crippen molar-refractivity contribution in [2.24, 2.45) is 5.73 Å². The molecule has 1 aromatic heterocycles. The van der Waals surface area contributed by atoms with Crippen LogP contribution in [0.5, 0.6) is 0 Å². The van der Waals surface area contributed by atoms with Crippen LogP contribution < -0.4 is 11.1 Å². The predicted octanol–water partition coefficient (Wildman–Crippen LogP) is -1.28. The van der Waals surface area contributed by atoms with Crippen molar-refractivity contribution in [2.45, 2.75) is 12.6 Å².